The molecule has 0 bridgehead atoms. The molecule has 0 atom stereocenters. The Kier molecular flexibility index (Phi) is 7.59. The van der Waals surface area contributed by atoms with Crippen LogP contribution in [0.5, 0.6) is 0 Å². The molecule has 0 aliphatic heterocycles. The van der Waals surface area contributed by atoms with Gasteiger partial charge in [0.05, 0.1) is 0 Å². The Bertz CT molecular complexity index is 1020. The van der Waals surface area contributed by atoms with Gasteiger partial charge in [-0.25, -0.2) is 0 Å². The van der Waals surface area contributed by atoms with E-state index in [4.69, 9.17) is 0 Å². The van der Waals surface area contributed by atoms with Gasteiger partial charge in [0.15, 0.2) is 0 Å². The van der Waals surface area contributed by atoms with E-state index < -0.39 is 0 Å². The van der Waals surface area contributed by atoms with Crippen LogP contribution in [-0.2, 0) is 11.3 Å². The first-order valence-electron chi connectivity index (χ1n) is 9.59. The lowest BCUT2D eigenvalue weighted by atomic mass is 10.0. The fourth-order valence-corrected chi connectivity index (χ4v) is 3.32. The van der Waals surface area contributed by atoms with E-state index in [-0.39, 0.29) is 11.5 Å². The van der Waals surface area contributed by atoms with E-state index in [1.165, 1.54) is 5.56 Å². The van der Waals surface area contributed by atoms with Crippen LogP contribution in [0.15, 0.2) is 88.3 Å². The number of nitrogens with zero attached hydrogens (tertiary/aromatic N) is 1. The summed E-state index contributed by atoms with van der Waals surface area (Å²) in [6.07, 6.45) is 6.78. The molecule has 0 spiro atoms. The first kappa shape index (κ1) is 20.8. The van der Waals surface area contributed by atoms with Crippen molar-refractivity contribution in [1.29, 1.82) is 0 Å². The fourth-order valence-electron chi connectivity index (χ4n) is 2.94. The number of hydrogen-bond acceptors (Lipinski definition) is 2. The minimum Gasteiger partial charge on any atom is -0.353 e. The molecule has 29 heavy (non-hydrogen) atoms. The summed E-state index contributed by atoms with van der Waals surface area (Å²) in [5, 5.41) is 2.88. The van der Waals surface area contributed by atoms with Crippen molar-refractivity contribution in [2.24, 2.45) is 0 Å². The predicted molar refractivity (Wildman–Crippen MR) is 122 cm³/mol. The number of rotatable bonds is 8. The molecule has 0 aliphatic carbocycles. The average Bonchev–Trinajstić information content (AvgIpc) is 2.75. The van der Waals surface area contributed by atoms with Crippen LogP contribution in [0.4, 0.5) is 0 Å². The van der Waals surface area contributed by atoms with E-state index in [0.717, 1.165) is 28.4 Å². The lowest BCUT2D eigenvalue weighted by Gasteiger charge is -2.06. The van der Waals surface area contributed by atoms with Gasteiger partial charge in [0.2, 0.25) is 5.91 Å². The number of amides is 1. The molecule has 0 radical (unpaired) electrons. The minimum absolute atomic E-state index is 0.0153. The Morgan fingerprint density at radius 3 is 2.41 bits per heavy atom. The third-order valence-corrected chi connectivity index (χ3v) is 4.99. The normalized spacial score (nSPS) is 10.9. The van der Waals surface area contributed by atoms with Crippen LogP contribution >= 0.6 is 15.9 Å². The summed E-state index contributed by atoms with van der Waals surface area (Å²) in [5.41, 5.74) is 3.29. The van der Waals surface area contributed by atoms with E-state index in [0.29, 0.717) is 13.1 Å². The van der Waals surface area contributed by atoms with Crippen LogP contribution in [0, 0.1) is 0 Å². The standard InChI is InChI=1S/C24H23BrN2O2/c25-22-13-15-24(29)27(18-22)17-5-4-16-26-23(28)14-10-19-8-11-21(12-9-19)20-6-2-1-3-7-20/h1-3,6-15,18H,4-5,16-17H2,(H,26,28)/b14-10+. The summed E-state index contributed by atoms with van der Waals surface area (Å²) in [4.78, 5) is 23.7. The van der Waals surface area contributed by atoms with E-state index in [1.54, 1.807) is 29.0 Å². The summed E-state index contributed by atoms with van der Waals surface area (Å²) < 4.78 is 2.55. The van der Waals surface area contributed by atoms with E-state index >= 15 is 0 Å². The Morgan fingerprint density at radius 1 is 0.931 bits per heavy atom. The Morgan fingerprint density at radius 2 is 1.66 bits per heavy atom. The van der Waals surface area contributed by atoms with Gasteiger partial charge < -0.3 is 9.88 Å². The molecule has 0 fully saturated rings. The first-order chi connectivity index (χ1) is 14.1. The van der Waals surface area contributed by atoms with Crippen LogP contribution in [0.25, 0.3) is 17.2 Å². The van der Waals surface area contributed by atoms with Crippen LogP contribution in [0.3, 0.4) is 0 Å². The maximum atomic E-state index is 12.0. The largest absolute Gasteiger partial charge is 0.353 e. The number of carbonyl (C=O) groups excluding carboxylic acids is 1. The lowest BCUT2D eigenvalue weighted by molar-refractivity contribution is -0.116. The van der Waals surface area contributed by atoms with Crippen molar-refractivity contribution >= 4 is 27.9 Å². The predicted octanol–water partition coefficient (Wildman–Crippen LogP) is 4.89. The van der Waals surface area contributed by atoms with Gasteiger partial charge in [-0.15, -0.1) is 0 Å². The number of nitrogens with one attached hydrogen (secondary N) is 1. The van der Waals surface area contributed by atoms with Gasteiger partial charge in [0.25, 0.3) is 5.56 Å². The van der Waals surface area contributed by atoms with E-state index in [2.05, 4.69) is 45.5 Å². The van der Waals surface area contributed by atoms with Crippen molar-refractivity contribution in [2.45, 2.75) is 19.4 Å². The summed E-state index contributed by atoms with van der Waals surface area (Å²) in [7, 11) is 0. The number of carbonyl (C=O) groups is 1. The summed E-state index contributed by atoms with van der Waals surface area (Å²) in [6.45, 7) is 1.22. The molecule has 1 aromatic heterocycles. The molecule has 0 aliphatic rings. The maximum Gasteiger partial charge on any atom is 0.250 e. The zero-order valence-electron chi connectivity index (χ0n) is 16.1. The quantitative estimate of drug-likeness (QED) is 0.392. The maximum absolute atomic E-state index is 12.0. The first-order valence-corrected chi connectivity index (χ1v) is 10.4. The zero-order chi connectivity index (χ0) is 20.5. The topological polar surface area (TPSA) is 51.1 Å². The monoisotopic (exact) mass is 450 g/mol. The van der Waals surface area contributed by atoms with Crippen LogP contribution in [-0.4, -0.2) is 17.0 Å². The van der Waals surface area contributed by atoms with Gasteiger partial charge >= 0.3 is 0 Å². The SMILES string of the molecule is O=C(/C=C/c1ccc(-c2ccccc2)cc1)NCCCCn1cc(Br)ccc1=O. The number of aryl methyl sites for hydroxylation is 1. The third kappa shape index (κ3) is 6.57. The molecule has 4 nitrogen and oxygen atoms in total. The molecule has 0 unspecified atom stereocenters. The molecular formula is C24H23BrN2O2. The molecule has 1 heterocycles. The molecule has 1 amide bonds. The number of halogens is 1. The molecular weight excluding hydrogens is 428 g/mol. The number of pyridine rings is 1. The van der Waals surface area contributed by atoms with Crippen molar-refractivity contribution in [1.82, 2.24) is 9.88 Å². The van der Waals surface area contributed by atoms with E-state index in [9.17, 15) is 9.59 Å². The zero-order valence-corrected chi connectivity index (χ0v) is 17.6. The van der Waals surface area contributed by atoms with Crippen molar-refractivity contribution in [3.05, 3.63) is 99.4 Å². The fraction of sp³-hybridized carbons (Fsp3) is 0.167. The molecule has 3 rings (SSSR count). The highest BCUT2D eigenvalue weighted by atomic mass is 79.9. The van der Waals surface area contributed by atoms with Crippen molar-refractivity contribution in [3.8, 4) is 11.1 Å². The van der Waals surface area contributed by atoms with Crippen LogP contribution < -0.4 is 10.9 Å². The lowest BCUT2D eigenvalue weighted by Crippen LogP contribution is -2.23. The van der Waals surface area contributed by atoms with Crippen molar-refractivity contribution < 1.29 is 4.79 Å². The second-order valence-corrected chi connectivity index (χ2v) is 7.61. The average molecular weight is 451 g/mol. The van der Waals surface area contributed by atoms with E-state index in [1.807, 2.05) is 36.4 Å². The molecule has 5 heteroatoms. The van der Waals surface area contributed by atoms with Gasteiger partial charge in [-0.3, -0.25) is 9.59 Å². The number of unbranched alkanes of at least 4 members (excludes halogenated alkanes) is 1. The van der Waals surface area contributed by atoms with Crippen molar-refractivity contribution in [2.75, 3.05) is 6.54 Å². The molecule has 3 aromatic rings. The molecule has 2 aromatic carbocycles. The van der Waals surface area contributed by atoms with Crippen molar-refractivity contribution in [3.63, 3.8) is 0 Å². The molecule has 0 saturated carbocycles. The molecule has 0 saturated heterocycles. The summed E-state index contributed by atoms with van der Waals surface area (Å²) in [6, 6.07) is 21.6. The summed E-state index contributed by atoms with van der Waals surface area (Å²) in [5.74, 6) is -0.114. The Labute approximate surface area is 179 Å². The van der Waals surface area contributed by atoms with Gasteiger partial charge in [-0.1, -0.05) is 54.6 Å². The summed E-state index contributed by atoms with van der Waals surface area (Å²) >= 11 is 3.37. The van der Waals surface area contributed by atoms with Gasteiger partial charge in [0, 0.05) is 35.9 Å². The highest BCUT2D eigenvalue weighted by Crippen LogP contribution is 2.19. The highest BCUT2D eigenvalue weighted by molar-refractivity contribution is 9.10. The number of hydrogen-bond donors (Lipinski definition) is 1. The van der Waals surface area contributed by atoms with Crippen LogP contribution in [0.1, 0.15) is 18.4 Å². The minimum atomic E-state index is -0.114. The second-order valence-electron chi connectivity index (χ2n) is 6.70. The Balaban J connectivity index is 1.40. The van der Waals surface area contributed by atoms with Crippen LogP contribution in [0.2, 0.25) is 0 Å². The number of benzene rings is 2. The number of aromatic nitrogens is 1. The Hall–Kier alpha value is -2.92. The van der Waals surface area contributed by atoms with Gasteiger partial charge in [0.1, 0.15) is 0 Å². The third-order valence-electron chi connectivity index (χ3n) is 4.52. The second kappa shape index (κ2) is 10.6. The molecule has 1 N–H and O–H groups in total. The van der Waals surface area contributed by atoms with Gasteiger partial charge in [-0.2, -0.15) is 0 Å². The van der Waals surface area contributed by atoms with Gasteiger partial charge in [-0.05, 0) is 57.6 Å². The smallest absolute Gasteiger partial charge is 0.250 e. The highest BCUT2D eigenvalue weighted by Gasteiger charge is 1.99. The molecule has 148 valence electrons.